The summed E-state index contributed by atoms with van der Waals surface area (Å²) in [6.45, 7) is 6.69. The molecule has 1 aromatic carbocycles. The molecule has 2 aromatic rings. The van der Waals surface area contributed by atoms with Crippen molar-refractivity contribution < 1.29 is 5.11 Å². The number of benzene rings is 1. The first-order valence-electron chi connectivity index (χ1n) is 9.95. The first-order valence-corrected chi connectivity index (χ1v) is 10.9. The van der Waals surface area contributed by atoms with Crippen molar-refractivity contribution >= 4 is 11.8 Å². The van der Waals surface area contributed by atoms with Crippen LogP contribution in [0.3, 0.4) is 0 Å². The highest BCUT2D eigenvalue weighted by molar-refractivity contribution is 7.99. The number of rotatable bonds is 6. The summed E-state index contributed by atoms with van der Waals surface area (Å²) < 4.78 is 2.46. The number of thioether (sulfide) groups is 1. The van der Waals surface area contributed by atoms with Gasteiger partial charge in [0.2, 0.25) is 0 Å². The van der Waals surface area contributed by atoms with E-state index in [1.807, 2.05) is 30.3 Å². The molecule has 0 saturated heterocycles. The molecule has 1 aromatic heterocycles. The highest BCUT2D eigenvalue weighted by Gasteiger charge is 2.43. The topological polar surface area (TPSA) is 38.1 Å². The van der Waals surface area contributed by atoms with E-state index in [4.69, 9.17) is 4.98 Å². The van der Waals surface area contributed by atoms with Gasteiger partial charge in [0.25, 0.3) is 0 Å². The Morgan fingerprint density at radius 1 is 1.19 bits per heavy atom. The van der Waals surface area contributed by atoms with Crippen molar-refractivity contribution in [2.75, 3.05) is 5.75 Å². The number of aryl methyl sites for hydroxylation is 1. The fraction of sp³-hybridized carbons (Fsp3) is 0.591. The second-order valence-electron chi connectivity index (χ2n) is 8.25. The minimum atomic E-state index is -0.454. The standard InChI is InChI=1S/C22H30N2OS/c1-14-15(2)24(16(3)20-12-17-9-10-19(20)11-17)22(23-14)26-13-21(25)18-7-5-4-6-8-18/h4-8,16-17,19-21,25H,9-13H2,1-3H3/t16-,17-,19-,20+,21-/m0/s1. The Bertz CT molecular complexity index is 757. The summed E-state index contributed by atoms with van der Waals surface area (Å²) in [6.07, 6.45) is 5.24. The molecule has 0 aliphatic heterocycles. The van der Waals surface area contributed by atoms with Crippen LogP contribution in [0.1, 0.15) is 61.7 Å². The van der Waals surface area contributed by atoms with Gasteiger partial charge in [-0.3, -0.25) is 0 Å². The molecule has 2 saturated carbocycles. The number of hydrogen-bond donors (Lipinski definition) is 1. The van der Waals surface area contributed by atoms with Gasteiger partial charge < -0.3 is 9.67 Å². The van der Waals surface area contributed by atoms with Crippen LogP contribution in [-0.2, 0) is 0 Å². The second-order valence-corrected chi connectivity index (χ2v) is 9.24. The molecule has 0 radical (unpaired) electrons. The van der Waals surface area contributed by atoms with Gasteiger partial charge in [-0.25, -0.2) is 4.98 Å². The number of nitrogens with zero attached hydrogens (tertiary/aromatic N) is 2. The molecule has 140 valence electrons. The van der Waals surface area contributed by atoms with Gasteiger partial charge in [-0.1, -0.05) is 48.5 Å². The molecule has 5 atom stereocenters. The van der Waals surface area contributed by atoms with Crippen molar-refractivity contribution in [3.63, 3.8) is 0 Å². The van der Waals surface area contributed by atoms with Gasteiger partial charge in [0, 0.05) is 17.5 Å². The van der Waals surface area contributed by atoms with Crippen molar-refractivity contribution in [2.45, 2.75) is 63.8 Å². The zero-order valence-corrected chi connectivity index (χ0v) is 16.9. The van der Waals surface area contributed by atoms with Crippen molar-refractivity contribution in [1.82, 2.24) is 9.55 Å². The van der Waals surface area contributed by atoms with Gasteiger partial charge in [0.05, 0.1) is 11.8 Å². The number of aliphatic hydroxyl groups is 1. The molecule has 2 fully saturated rings. The van der Waals surface area contributed by atoms with Crippen LogP contribution in [0.5, 0.6) is 0 Å². The highest BCUT2D eigenvalue weighted by Crippen LogP contribution is 2.52. The summed E-state index contributed by atoms with van der Waals surface area (Å²) >= 11 is 1.69. The van der Waals surface area contributed by atoms with Gasteiger partial charge >= 0.3 is 0 Å². The van der Waals surface area contributed by atoms with E-state index in [0.717, 1.165) is 34.2 Å². The normalized spacial score (nSPS) is 27.0. The number of aromatic nitrogens is 2. The van der Waals surface area contributed by atoms with E-state index in [-0.39, 0.29) is 0 Å². The minimum Gasteiger partial charge on any atom is -0.388 e. The Kier molecular flexibility index (Phi) is 5.15. The molecule has 4 rings (SSSR count). The van der Waals surface area contributed by atoms with E-state index >= 15 is 0 Å². The Balaban J connectivity index is 1.51. The van der Waals surface area contributed by atoms with E-state index in [2.05, 4.69) is 25.3 Å². The molecule has 4 heteroatoms. The molecule has 1 N–H and O–H groups in total. The van der Waals surface area contributed by atoms with Gasteiger partial charge in [-0.15, -0.1) is 0 Å². The third-order valence-corrected chi connectivity index (χ3v) is 7.76. The fourth-order valence-corrected chi connectivity index (χ4v) is 6.32. The fourth-order valence-electron chi connectivity index (χ4n) is 5.18. The average molecular weight is 371 g/mol. The van der Waals surface area contributed by atoms with E-state index in [9.17, 15) is 5.11 Å². The molecule has 3 nitrogen and oxygen atoms in total. The SMILES string of the molecule is Cc1nc(SC[C@H](O)c2ccccc2)n([C@@H](C)[C@H]2C[C@H]3CC[C@H]2C3)c1C. The lowest BCUT2D eigenvalue weighted by atomic mass is 9.84. The molecule has 2 aliphatic rings. The number of hydrogen-bond acceptors (Lipinski definition) is 3. The van der Waals surface area contributed by atoms with Crippen LogP contribution in [0.15, 0.2) is 35.5 Å². The van der Waals surface area contributed by atoms with Crippen LogP contribution in [0.2, 0.25) is 0 Å². The molecule has 0 amide bonds. The molecule has 0 spiro atoms. The predicted molar refractivity (Wildman–Crippen MR) is 107 cm³/mol. The van der Waals surface area contributed by atoms with Crippen LogP contribution >= 0.6 is 11.8 Å². The van der Waals surface area contributed by atoms with Gasteiger partial charge in [-0.05, 0) is 63.4 Å². The third-order valence-electron chi connectivity index (χ3n) is 6.73. The number of imidazole rings is 1. The minimum absolute atomic E-state index is 0.454. The van der Waals surface area contributed by atoms with Crippen LogP contribution in [0, 0.1) is 31.6 Å². The quantitative estimate of drug-likeness (QED) is 0.699. The van der Waals surface area contributed by atoms with Gasteiger partial charge in [-0.2, -0.15) is 0 Å². The summed E-state index contributed by atoms with van der Waals surface area (Å²) in [5.74, 6) is 3.31. The first kappa shape index (κ1) is 18.1. The average Bonchev–Trinajstić information content (AvgIpc) is 3.35. The van der Waals surface area contributed by atoms with Gasteiger partial charge in [0.1, 0.15) is 0 Å². The molecule has 2 bridgehead atoms. The van der Waals surface area contributed by atoms with Crippen LogP contribution in [0.25, 0.3) is 0 Å². The van der Waals surface area contributed by atoms with E-state index in [1.165, 1.54) is 31.4 Å². The Morgan fingerprint density at radius 2 is 1.96 bits per heavy atom. The lowest BCUT2D eigenvalue weighted by Gasteiger charge is -2.30. The van der Waals surface area contributed by atoms with E-state index in [0.29, 0.717) is 11.8 Å². The Morgan fingerprint density at radius 3 is 2.62 bits per heavy atom. The van der Waals surface area contributed by atoms with Crippen molar-refractivity contribution in [1.29, 1.82) is 0 Å². The highest BCUT2D eigenvalue weighted by atomic mass is 32.2. The monoisotopic (exact) mass is 370 g/mol. The smallest absolute Gasteiger partial charge is 0.168 e. The zero-order chi connectivity index (χ0) is 18.3. The maximum absolute atomic E-state index is 10.5. The lowest BCUT2D eigenvalue weighted by molar-refractivity contribution is 0.203. The maximum atomic E-state index is 10.5. The summed E-state index contributed by atoms with van der Waals surface area (Å²) in [5.41, 5.74) is 3.39. The summed E-state index contributed by atoms with van der Waals surface area (Å²) in [7, 11) is 0. The van der Waals surface area contributed by atoms with E-state index < -0.39 is 6.10 Å². The zero-order valence-electron chi connectivity index (χ0n) is 16.1. The Labute approximate surface area is 161 Å². The molecule has 1 heterocycles. The largest absolute Gasteiger partial charge is 0.388 e. The number of fused-ring (bicyclic) bond motifs is 2. The lowest BCUT2D eigenvalue weighted by Crippen LogP contribution is -2.23. The van der Waals surface area contributed by atoms with Crippen LogP contribution in [-0.4, -0.2) is 20.4 Å². The number of aliphatic hydroxyl groups excluding tert-OH is 1. The maximum Gasteiger partial charge on any atom is 0.168 e. The Hall–Kier alpha value is -1.26. The summed E-state index contributed by atoms with van der Waals surface area (Å²) in [5, 5.41) is 11.6. The van der Waals surface area contributed by atoms with Crippen molar-refractivity contribution in [3.8, 4) is 0 Å². The summed E-state index contributed by atoms with van der Waals surface area (Å²) in [6, 6.07) is 10.4. The molecular weight excluding hydrogens is 340 g/mol. The van der Waals surface area contributed by atoms with Crippen LogP contribution < -0.4 is 0 Å². The molecule has 26 heavy (non-hydrogen) atoms. The molecule has 0 unspecified atom stereocenters. The third kappa shape index (κ3) is 3.34. The first-order chi connectivity index (χ1) is 12.5. The summed E-state index contributed by atoms with van der Waals surface area (Å²) in [4.78, 5) is 4.85. The van der Waals surface area contributed by atoms with Crippen LogP contribution in [0.4, 0.5) is 0 Å². The van der Waals surface area contributed by atoms with Gasteiger partial charge in [0.15, 0.2) is 5.16 Å². The van der Waals surface area contributed by atoms with Crippen molar-refractivity contribution in [3.05, 3.63) is 47.3 Å². The van der Waals surface area contributed by atoms with Crippen molar-refractivity contribution in [2.24, 2.45) is 17.8 Å². The second kappa shape index (κ2) is 7.40. The predicted octanol–water partition coefficient (Wildman–Crippen LogP) is 5.32. The molecular formula is C22H30N2OS. The van der Waals surface area contributed by atoms with E-state index in [1.54, 1.807) is 11.8 Å². The molecule has 2 aliphatic carbocycles.